The molecule has 1 heterocycles. The Labute approximate surface area is 276 Å². The van der Waals surface area contributed by atoms with Gasteiger partial charge in [-0.05, 0) is 88.6 Å². The summed E-state index contributed by atoms with van der Waals surface area (Å²) in [6, 6.07) is 46.0. The molecule has 232 valence electrons. The maximum absolute atomic E-state index is 14.5. The smallest absolute Gasteiger partial charge is 0.171 e. The Morgan fingerprint density at radius 2 is 1.36 bits per heavy atom. The molecule has 7 aromatic rings. The summed E-state index contributed by atoms with van der Waals surface area (Å²) in [6.07, 6.45) is 2.63. The fourth-order valence-electron chi connectivity index (χ4n) is 7.04. The molecule has 0 N–H and O–H groups in total. The Balaban J connectivity index is 0.000000298. The molecule has 0 saturated heterocycles. The van der Waals surface area contributed by atoms with Crippen molar-refractivity contribution < 1.29 is 9.53 Å². The number of para-hydroxylation sites is 1. The lowest BCUT2D eigenvalue weighted by Crippen LogP contribution is -2.29. The predicted molar refractivity (Wildman–Crippen MR) is 194 cm³/mol. The van der Waals surface area contributed by atoms with Crippen LogP contribution in [0.3, 0.4) is 0 Å². The first-order valence-electron chi connectivity index (χ1n) is 16.1. The molecule has 0 bridgehead atoms. The molecule has 1 aliphatic carbocycles. The SMILES string of the molecule is COc1ccc(C2C(=O)c3c(ccc4c3ccc3ccccc34)CC2c2ccc(CN(C)C)cc2)cc1.c1ccc2ncccc2c1. The van der Waals surface area contributed by atoms with Gasteiger partial charge in [0, 0.05) is 29.6 Å². The largest absolute Gasteiger partial charge is 0.497 e. The molecule has 0 amide bonds. The number of rotatable bonds is 5. The summed E-state index contributed by atoms with van der Waals surface area (Å²) in [7, 11) is 5.83. The maximum atomic E-state index is 14.5. The highest BCUT2D eigenvalue weighted by Crippen LogP contribution is 2.46. The Morgan fingerprint density at radius 3 is 2.11 bits per heavy atom. The van der Waals surface area contributed by atoms with E-state index in [4.69, 9.17) is 4.74 Å². The van der Waals surface area contributed by atoms with Crippen LogP contribution in [0.4, 0.5) is 0 Å². The molecule has 2 unspecified atom stereocenters. The molecule has 4 nitrogen and oxygen atoms in total. The monoisotopic (exact) mass is 614 g/mol. The van der Waals surface area contributed by atoms with Gasteiger partial charge in [-0.3, -0.25) is 9.78 Å². The number of aromatic nitrogens is 1. The van der Waals surface area contributed by atoms with Gasteiger partial charge in [0.25, 0.3) is 0 Å². The van der Waals surface area contributed by atoms with Crippen molar-refractivity contribution in [2.45, 2.75) is 24.8 Å². The van der Waals surface area contributed by atoms with E-state index < -0.39 is 0 Å². The van der Waals surface area contributed by atoms with Crippen LogP contribution in [0, 0.1) is 0 Å². The average molecular weight is 615 g/mol. The summed E-state index contributed by atoms with van der Waals surface area (Å²) in [6.45, 7) is 0.897. The molecule has 0 spiro atoms. The van der Waals surface area contributed by atoms with Crippen molar-refractivity contribution in [3.63, 3.8) is 0 Å². The van der Waals surface area contributed by atoms with Crippen molar-refractivity contribution in [3.8, 4) is 5.75 Å². The number of hydrogen-bond acceptors (Lipinski definition) is 4. The summed E-state index contributed by atoms with van der Waals surface area (Å²) in [5, 5.41) is 5.78. The third-order valence-corrected chi connectivity index (χ3v) is 9.28. The number of pyridine rings is 1. The summed E-state index contributed by atoms with van der Waals surface area (Å²) in [5.41, 5.74) is 6.60. The normalized spacial score (nSPS) is 15.8. The third-order valence-electron chi connectivity index (χ3n) is 9.28. The first-order valence-corrected chi connectivity index (χ1v) is 16.1. The summed E-state index contributed by atoms with van der Waals surface area (Å²) in [4.78, 5) is 20.8. The second kappa shape index (κ2) is 13.2. The average Bonchev–Trinajstić information content (AvgIpc) is 3.11. The summed E-state index contributed by atoms with van der Waals surface area (Å²) < 4.78 is 5.41. The summed E-state index contributed by atoms with van der Waals surface area (Å²) in [5.74, 6) is 0.818. The summed E-state index contributed by atoms with van der Waals surface area (Å²) >= 11 is 0. The van der Waals surface area contributed by atoms with E-state index in [1.807, 2.05) is 42.6 Å². The zero-order valence-electron chi connectivity index (χ0n) is 27.1. The number of methoxy groups -OCH3 is 1. The number of ether oxygens (including phenoxy) is 1. The highest BCUT2D eigenvalue weighted by Gasteiger charge is 2.38. The molecule has 4 heteroatoms. The van der Waals surface area contributed by atoms with Gasteiger partial charge >= 0.3 is 0 Å². The molecule has 47 heavy (non-hydrogen) atoms. The molecule has 2 atom stereocenters. The van der Waals surface area contributed by atoms with Crippen LogP contribution in [-0.2, 0) is 13.0 Å². The molecule has 8 rings (SSSR count). The number of hydrogen-bond donors (Lipinski definition) is 0. The standard InChI is InChI=1S/C34H31NO2.C9H7N/c1-35(2)21-22-8-10-24(11-9-22)31-20-26-15-18-29-28-7-5-4-6-23(28)14-19-30(29)33(26)34(36)32(31)25-12-16-27(37-3)17-13-25;1-2-6-9-8(4-1)5-3-7-10-9/h4-19,31-32H,20-21H2,1-3H3;1-7H. The lowest BCUT2D eigenvalue weighted by atomic mass is 9.68. The maximum Gasteiger partial charge on any atom is 0.171 e. The van der Waals surface area contributed by atoms with Crippen LogP contribution in [0.1, 0.15) is 44.4 Å². The molecule has 0 radical (unpaired) electrons. The van der Waals surface area contributed by atoms with E-state index in [9.17, 15) is 4.79 Å². The lowest BCUT2D eigenvalue weighted by molar-refractivity contribution is 0.0937. The Morgan fingerprint density at radius 1 is 0.681 bits per heavy atom. The van der Waals surface area contributed by atoms with E-state index in [1.54, 1.807) is 7.11 Å². The number of carbonyl (C=O) groups is 1. The van der Waals surface area contributed by atoms with E-state index in [0.717, 1.165) is 51.7 Å². The van der Waals surface area contributed by atoms with E-state index in [0.29, 0.717) is 0 Å². The van der Waals surface area contributed by atoms with Crippen LogP contribution in [0.15, 0.2) is 140 Å². The van der Waals surface area contributed by atoms with Crippen LogP contribution in [0.25, 0.3) is 32.4 Å². The van der Waals surface area contributed by atoms with Crippen molar-refractivity contribution in [2.24, 2.45) is 0 Å². The second-order valence-electron chi connectivity index (χ2n) is 12.6. The van der Waals surface area contributed by atoms with Gasteiger partial charge < -0.3 is 9.64 Å². The minimum absolute atomic E-state index is 0.0692. The van der Waals surface area contributed by atoms with E-state index in [2.05, 4.69) is 121 Å². The minimum Gasteiger partial charge on any atom is -0.497 e. The Bertz CT molecular complexity index is 2120. The molecular weight excluding hydrogens is 576 g/mol. The number of ketones is 1. The highest BCUT2D eigenvalue weighted by atomic mass is 16.5. The van der Waals surface area contributed by atoms with Crippen molar-refractivity contribution in [1.82, 2.24) is 9.88 Å². The van der Waals surface area contributed by atoms with Gasteiger partial charge in [-0.1, -0.05) is 109 Å². The fraction of sp³-hybridized carbons (Fsp3) is 0.163. The topological polar surface area (TPSA) is 42.4 Å². The van der Waals surface area contributed by atoms with Gasteiger partial charge in [0.15, 0.2) is 5.78 Å². The zero-order chi connectivity index (χ0) is 32.3. The van der Waals surface area contributed by atoms with Crippen LogP contribution >= 0.6 is 0 Å². The Hall–Kier alpha value is -5.32. The van der Waals surface area contributed by atoms with Crippen LogP contribution in [-0.4, -0.2) is 36.9 Å². The molecular formula is C43H38N2O2. The molecule has 0 aliphatic heterocycles. The third kappa shape index (κ3) is 6.13. The molecule has 6 aromatic carbocycles. The van der Waals surface area contributed by atoms with Gasteiger partial charge in [-0.25, -0.2) is 0 Å². The van der Waals surface area contributed by atoms with E-state index in [-0.39, 0.29) is 17.6 Å². The van der Waals surface area contributed by atoms with E-state index in [1.165, 1.54) is 27.3 Å². The van der Waals surface area contributed by atoms with Gasteiger partial charge in [0.05, 0.1) is 18.5 Å². The minimum atomic E-state index is -0.254. The quantitative estimate of drug-likeness (QED) is 0.181. The van der Waals surface area contributed by atoms with Gasteiger partial charge in [0.2, 0.25) is 0 Å². The highest BCUT2D eigenvalue weighted by molar-refractivity contribution is 6.18. The second-order valence-corrected chi connectivity index (χ2v) is 12.6. The van der Waals surface area contributed by atoms with Gasteiger partial charge in [-0.15, -0.1) is 0 Å². The predicted octanol–water partition coefficient (Wildman–Crippen LogP) is 9.60. The number of fused-ring (bicyclic) bond motifs is 6. The van der Waals surface area contributed by atoms with Crippen molar-refractivity contribution in [2.75, 3.05) is 21.2 Å². The number of carbonyl (C=O) groups excluding carboxylic acids is 1. The van der Waals surface area contributed by atoms with Crippen molar-refractivity contribution in [1.29, 1.82) is 0 Å². The fourth-order valence-corrected chi connectivity index (χ4v) is 7.04. The number of benzene rings is 6. The molecule has 1 aromatic heterocycles. The zero-order valence-corrected chi connectivity index (χ0v) is 27.1. The first kappa shape index (κ1) is 30.3. The lowest BCUT2D eigenvalue weighted by Gasteiger charge is -2.34. The van der Waals surface area contributed by atoms with Crippen LogP contribution < -0.4 is 4.74 Å². The van der Waals surface area contributed by atoms with Crippen molar-refractivity contribution in [3.05, 3.63) is 167 Å². The van der Waals surface area contributed by atoms with Crippen molar-refractivity contribution >= 4 is 38.2 Å². The first-order chi connectivity index (χ1) is 23.0. The van der Waals surface area contributed by atoms with Gasteiger partial charge in [-0.2, -0.15) is 0 Å². The number of Topliss-reactive ketones (excluding diaryl/α,β-unsaturated/α-hetero) is 1. The molecule has 1 aliphatic rings. The Kier molecular flexibility index (Phi) is 8.52. The van der Waals surface area contributed by atoms with E-state index >= 15 is 0 Å². The van der Waals surface area contributed by atoms with Crippen LogP contribution in [0.2, 0.25) is 0 Å². The molecule has 0 saturated carbocycles. The van der Waals surface area contributed by atoms with Gasteiger partial charge in [0.1, 0.15) is 5.75 Å². The molecule has 0 fully saturated rings. The number of nitrogens with zero attached hydrogens (tertiary/aromatic N) is 2. The van der Waals surface area contributed by atoms with Crippen LogP contribution in [0.5, 0.6) is 5.75 Å².